The number of nitrogens with one attached hydrogen (secondary N) is 1. The van der Waals surface area contributed by atoms with Gasteiger partial charge >= 0.3 is 0 Å². The number of likely N-dealkylation sites (tertiary alicyclic amines) is 1. The fourth-order valence-corrected chi connectivity index (χ4v) is 3.37. The minimum Gasteiger partial charge on any atom is -0.497 e. The first-order valence-electron chi connectivity index (χ1n) is 8.19. The van der Waals surface area contributed by atoms with Gasteiger partial charge in [-0.3, -0.25) is 9.69 Å². The van der Waals surface area contributed by atoms with Crippen LogP contribution in [0.4, 0.5) is 10.1 Å². The van der Waals surface area contributed by atoms with Crippen LogP contribution in [0.25, 0.3) is 0 Å². The number of hydrogen-bond donors (Lipinski definition) is 1. The molecule has 1 N–H and O–H groups in total. The summed E-state index contributed by atoms with van der Waals surface area (Å²) in [5.41, 5.74) is 1.27. The van der Waals surface area contributed by atoms with Gasteiger partial charge in [0.1, 0.15) is 11.6 Å². The monoisotopic (exact) mass is 362 g/mol. The molecular weight excluding hydrogens is 343 g/mol. The summed E-state index contributed by atoms with van der Waals surface area (Å²) in [5, 5.41) is 2.92. The van der Waals surface area contributed by atoms with Crippen LogP contribution in [-0.4, -0.2) is 31.0 Å². The van der Waals surface area contributed by atoms with E-state index in [2.05, 4.69) is 10.2 Å². The molecule has 132 valence electrons. The second-order valence-corrected chi connectivity index (χ2v) is 6.51. The van der Waals surface area contributed by atoms with Crippen molar-refractivity contribution in [1.29, 1.82) is 0 Å². The molecule has 1 fully saturated rings. The molecule has 1 heterocycles. The van der Waals surface area contributed by atoms with E-state index in [9.17, 15) is 9.18 Å². The second-order valence-electron chi connectivity index (χ2n) is 6.08. The molecule has 25 heavy (non-hydrogen) atoms. The van der Waals surface area contributed by atoms with E-state index in [1.54, 1.807) is 13.2 Å². The van der Waals surface area contributed by atoms with Gasteiger partial charge in [-0.1, -0.05) is 23.7 Å². The van der Waals surface area contributed by atoms with Crippen LogP contribution < -0.4 is 10.1 Å². The average Bonchev–Trinajstić information content (AvgIpc) is 3.05. The van der Waals surface area contributed by atoms with Crippen LogP contribution in [0, 0.1) is 5.82 Å². The van der Waals surface area contributed by atoms with E-state index in [1.165, 1.54) is 12.1 Å². The van der Waals surface area contributed by atoms with Crippen molar-refractivity contribution in [3.05, 3.63) is 58.9 Å². The predicted molar refractivity (Wildman–Crippen MR) is 96.6 cm³/mol. The average molecular weight is 363 g/mol. The quantitative estimate of drug-likeness (QED) is 0.863. The van der Waals surface area contributed by atoms with Gasteiger partial charge in [0, 0.05) is 11.1 Å². The Morgan fingerprint density at radius 3 is 2.96 bits per heavy atom. The lowest BCUT2D eigenvalue weighted by Gasteiger charge is -2.24. The number of anilines is 1. The third-order valence-electron chi connectivity index (χ3n) is 4.39. The Balaban J connectivity index is 1.67. The third-order valence-corrected chi connectivity index (χ3v) is 4.63. The van der Waals surface area contributed by atoms with Crippen LogP contribution in [0.5, 0.6) is 5.75 Å². The maximum absolute atomic E-state index is 13.8. The van der Waals surface area contributed by atoms with Crippen molar-refractivity contribution in [1.82, 2.24) is 4.90 Å². The van der Waals surface area contributed by atoms with E-state index < -0.39 is 5.82 Å². The molecule has 2 aromatic rings. The molecule has 0 spiro atoms. The number of carbonyl (C=O) groups is 1. The maximum atomic E-state index is 13.8. The summed E-state index contributed by atoms with van der Waals surface area (Å²) in [6.45, 7) is 1.04. The van der Waals surface area contributed by atoms with Crippen molar-refractivity contribution in [2.75, 3.05) is 25.5 Å². The Morgan fingerprint density at radius 1 is 1.36 bits per heavy atom. The second kappa shape index (κ2) is 7.85. The van der Waals surface area contributed by atoms with Crippen LogP contribution in [0.15, 0.2) is 42.5 Å². The highest BCUT2D eigenvalue weighted by Gasteiger charge is 2.28. The van der Waals surface area contributed by atoms with E-state index in [1.807, 2.05) is 24.3 Å². The molecule has 1 aliphatic heterocycles. The molecule has 3 rings (SSSR count). The van der Waals surface area contributed by atoms with Gasteiger partial charge in [-0.25, -0.2) is 4.39 Å². The number of methoxy groups -OCH3 is 1. The first-order valence-corrected chi connectivity index (χ1v) is 8.57. The highest BCUT2D eigenvalue weighted by atomic mass is 35.5. The fourth-order valence-electron chi connectivity index (χ4n) is 3.21. The van der Waals surface area contributed by atoms with Crippen LogP contribution >= 0.6 is 11.6 Å². The van der Waals surface area contributed by atoms with E-state index in [4.69, 9.17) is 16.3 Å². The molecule has 1 unspecified atom stereocenters. The summed E-state index contributed by atoms with van der Waals surface area (Å²) in [4.78, 5) is 14.4. The molecule has 0 aromatic heterocycles. The number of rotatable bonds is 5. The van der Waals surface area contributed by atoms with Gasteiger partial charge in [0.2, 0.25) is 5.91 Å². The van der Waals surface area contributed by atoms with E-state index in [0.29, 0.717) is 5.02 Å². The predicted octanol–water partition coefficient (Wildman–Crippen LogP) is 4.26. The summed E-state index contributed by atoms with van der Waals surface area (Å²) >= 11 is 5.73. The Hall–Kier alpha value is -2.11. The summed E-state index contributed by atoms with van der Waals surface area (Å²) in [6, 6.07) is 12.3. The van der Waals surface area contributed by atoms with Crippen molar-refractivity contribution < 1.29 is 13.9 Å². The topological polar surface area (TPSA) is 41.6 Å². The van der Waals surface area contributed by atoms with Crippen LogP contribution in [0.1, 0.15) is 24.4 Å². The standard InChI is InChI=1S/C19H20ClFN2O2/c1-25-15-5-2-4-13(10-15)18-6-3-9-23(18)12-19(24)22-17-8-7-14(20)11-16(17)21/h2,4-5,7-8,10-11,18H,3,6,9,12H2,1H3,(H,22,24). The van der Waals surface area contributed by atoms with Crippen LogP contribution in [0.2, 0.25) is 5.02 Å². The molecule has 4 nitrogen and oxygen atoms in total. The molecule has 0 bridgehead atoms. The lowest BCUT2D eigenvalue weighted by Crippen LogP contribution is -2.33. The van der Waals surface area contributed by atoms with Gasteiger partial charge in [-0.15, -0.1) is 0 Å². The zero-order valence-corrected chi connectivity index (χ0v) is 14.7. The molecular formula is C19H20ClFN2O2. The maximum Gasteiger partial charge on any atom is 0.238 e. The molecule has 2 aromatic carbocycles. The fraction of sp³-hybridized carbons (Fsp3) is 0.316. The minimum absolute atomic E-state index is 0.145. The van der Waals surface area contributed by atoms with Crippen molar-refractivity contribution in [3.8, 4) is 5.75 Å². The SMILES string of the molecule is COc1cccc(C2CCCN2CC(=O)Nc2ccc(Cl)cc2F)c1. The summed E-state index contributed by atoms with van der Waals surface area (Å²) in [7, 11) is 1.64. The van der Waals surface area contributed by atoms with E-state index >= 15 is 0 Å². The Kier molecular flexibility index (Phi) is 5.56. The number of hydrogen-bond acceptors (Lipinski definition) is 3. The van der Waals surface area contributed by atoms with E-state index in [0.717, 1.165) is 30.7 Å². The lowest BCUT2D eigenvalue weighted by atomic mass is 10.0. The molecule has 1 aliphatic rings. The van der Waals surface area contributed by atoms with Crippen molar-refractivity contribution >= 4 is 23.2 Å². The normalized spacial score (nSPS) is 17.5. The summed E-state index contributed by atoms with van der Waals surface area (Å²) in [6.07, 6.45) is 2.00. The van der Waals surface area contributed by atoms with Gasteiger partial charge in [0.15, 0.2) is 0 Å². The van der Waals surface area contributed by atoms with Crippen LogP contribution in [-0.2, 0) is 4.79 Å². The lowest BCUT2D eigenvalue weighted by molar-refractivity contribution is -0.117. The zero-order valence-electron chi connectivity index (χ0n) is 14.0. The Morgan fingerprint density at radius 2 is 2.20 bits per heavy atom. The van der Waals surface area contributed by atoms with Crippen molar-refractivity contribution in [3.63, 3.8) is 0 Å². The van der Waals surface area contributed by atoms with Crippen LogP contribution in [0.3, 0.4) is 0 Å². The molecule has 1 atom stereocenters. The zero-order chi connectivity index (χ0) is 17.8. The van der Waals surface area contributed by atoms with E-state index in [-0.39, 0.29) is 24.2 Å². The van der Waals surface area contributed by atoms with Gasteiger partial charge in [-0.05, 0) is 55.3 Å². The largest absolute Gasteiger partial charge is 0.497 e. The number of carbonyl (C=O) groups excluding carboxylic acids is 1. The highest BCUT2D eigenvalue weighted by Crippen LogP contribution is 2.33. The molecule has 0 radical (unpaired) electrons. The number of amides is 1. The summed E-state index contributed by atoms with van der Waals surface area (Å²) in [5.74, 6) is 0.0275. The third kappa shape index (κ3) is 4.30. The summed E-state index contributed by atoms with van der Waals surface area (Å²) < 4.78 is 19.1. The van der Waals surface area contributed by atoms with Gasteiger partial charge in [-0.2, -0.15) is 0 Å². The first kappa shape index (κ1) is 17.7. The number of benzene rings is 2. The first-order chi connectivity index (χ1) is 12.1. The molecule has 1 saturated heterocycles. The molecule has 6 heteroatoms. The molecule has 0 aliphatic carbocycles. The molecule has 1 amide bonds. The van der Waals surface area contributed by atoms with Gasteiger partial charge < -0.3 is 10.1 Å². The Bertz CT molecular complexity index is 769. The van der Waals surface area contributed by atoms with Gasteiger partial charge in [0.05, 0.1) is 19.3 Å². The Labute approximate surface area is 151 Å². The highest BCUT2D eigenvalue weighted by molar-refractivity contribution is 6.30. The van der Waals surface area contributed by atoms with Crippen molar-refractivity contribution in [2.45, 2.75) is 18.9 Å². The minimum atomic E-state index is -0.536. The van der Waals surface area contributed by atoms with Crippen molar-refractivity contribution in [2.24, 2.45) is 0 Å². The smallest absolute Gasteiger partial charge is 0.238 e. The van der Waals surface area contributed by atoms with Gasteiger partial charge in [0.25, 0.3) is 0 Å². The number of halogens is 2. The number of nitrogens with zero attached hydrogens (tertiary/aromatic N) is 1. The molecule has 0 saturated carbocycles. The number of ether oxygens (including phenoxy) is 1.